The van der Waals surface area contributed by atoms with Crippen LogP contribution in [0, 0.1) is 0 Å². The lowest BCUT2D eigenvalue weighted by atomic mass is 10.0. The van der Waals surface area contributed by atoms with Crippen molar-refractivity contribution in [1.29, 1.82) is 0 Å². The van der Waals surface area contributed by atoms with Crippen molar-refractivity contribution < 1.29 is 29.6 Å². The van der Waals surface area contributed by atoms with Gasteiger partial charge >= 0.3 is 6.03 Å². The smallest absolute Gasteiger partial charge is 0.326 e. The molecule has 2 rings (SSSR count). The zero-order valence-corrected chi connectivity index (χ0v) is 9.87. The van der Waals surface area contributed by atoms with Crippen molar-refractivity contribution in [1.82, 2.24) is 10.2 Å². The molecule has 102 valence electrons. The van der Waals surface area contributed by atoms with Crippen LogP contribution in [-0.4, -0.2) is 69.3 Å². The van der Waals surface area contributed by atoms with Crippen LogP contribution in [0.3, 0.4) is 0 Å². The Morgan fingerprint density at radius 3 is 2.78 bits per heavy atom. The standard InChI is InChI=1S/C10H16N2O6/c1-10(17)4-12(9(16)11-8(10)15)7-2-5(14)6(3-13)18-7/h5-7,13-14,17H,2-4H2,1H3,(H,11,15,16)/t5-,6+,7-,10?/m0/s1. The Hall–Kier alpha value is -1.22. The van der Waals surface area contributed by atoms with Gasteiger partial charge in [0.1, 0.15) is 12.3 Å². The molecule has 4 atom stereocenters. The quantitative estimate of drug-likeness (QED) is 0.445. The average molecular weight is 260 g/mol. The minimum absolute atomic E-state index is 0.128. The maximum absolute atomic E-state index is 11.6. The van der Waals surface area contributed by atoms with Crippen molar-refractivity contribution in [2.24, 2.45) is 0 Å². The van der Waals surface area contributed by atoms with Gasteiger partial charge in [-0.3, -0.25) is 15.0 Å². The highest BCUT2D eigenvalue weighted by atomic mass is 16.5. The minimum atomic E-state index is -1.69. The molecule has 4 N–H and O–H groups in total. The maximum atomic E-state index is 11.6. The summed E-state index contributed by atoms with van der Waals surface area (Å²) in [5.41, 5.74) is -1.69. The number of hydrogen-bond acceptors (Lipinski definition) is 6. The molecule has 0 radical (unpaired) electrons. The largest absolute Gasteiger partial charge is 0.394 e. The number of amides is 3. The molecule has 2 aliphatic heterocycles. The second-order valence-electron chi connectivity index (χ2n) is 4.78. The van der Waals surface area contributed by atoms with Crippen molar-refractivity contribution in [3.63, 3.8) is 0 Å². The van der Waals surface area contributed by atoms with Crippen LogP contribution in [0.1, 0.15) is 13.3 Å². The molecule has 0 aromatic rings. The zero-order chi connectivity index (χ0) is 13.5. The molecular weight excluding hydrogens is 244 g/mol. The van der Waals surface area contributed by atoms with Gasteiger partial charge in [-0.2, -0.15) is 0 Å². The van der Waals surface area contributed by atoms with E-state index < -0.39 is 36.0 Å². The van der Waals surface area contributed by atoms with E-state index in [0.717, 1.165) is 4.90 Å². The third kappa shape index (κ3) is 2.19. The molecule has 0 aromatic carbocycles. The van der Waals surface area contributed by atoms with E-state index in [1.807, 2.05) is 5.32 Å². The van der Waals surface area contributed by atoms with Crippen LogP contribution < -0.4 is 5.32 Å². The molecule has 2 heterocycles. The molecule has 8 nitrogen and oxygen atoms in total. The highest BCUT2D eigenvalue weighted by molar-refractivity contribution is 6.01. The van der Waals surface area contributed by atoms with Crippen LogP contribution in [0.5, 0.6) is 0 Å². The van der Waals surface area contributed by atoms with E-state index in [4.69, 9.17) is 9.84 Å². The Bertz CT molecular complexity index is 371. The van der Waals surface area contributed by atoms with Crippen molar-refractivity contribution >= 4 is 11.9 Å². The van der Waals surface area contributed by atoms with E-state index in [9.17, 15) is 19.8 Å². The lowest BCUT2D eigenvalue weighted by Crippen LogP contribution is -2.65. The normalized spacial score (nSPS) is 41.1. The Labute approximate surface area is 103 Å². The minimum Gasteiger partial charge on any atom is -0.394 e. The average Bonchev–Trinajstić information content (AvgIpc) is 2.65. The summed E-state index contributed by atoms with van der Waals surface area (Å²) in [6.07, 6.45) is -2.28. The van der Waals surface area contributed by atoms with Crippen molar-refractivity contribution in [3.05, 3.63) is 0 Å². The second-order valence-corrected chi connectivity index (χ2v) is 4.78. The SMILES string of the molecule is CC1(O)CN([C@@H]2C[C@H](O)[C@@H](CO)O2)C(=O)NC1=O. The first-order valence-corrected chi connectivity index (χ1v) is 5.64. The van der Waals surface area contributed by atoms with Gasteiger partial charge in [-0.05, 0) is 6.92 Å². The number of hydrogen-bond donors (Lipinski definition) is 4. The van der Waals surface area contributed by atoms with Crippen LogP contribution in [-0.2, 0) is 9.53 Å². The second kappa shape index (κ2) is 4.47. The molecule has 1 unspecified atom stereocenters. The molecule has 2 aliphatic rings. The topological polar surface area (TPSA) is 119 Å². The molecule has 2 fully saturated rings. The van der Waals surface area contributed by atoms with Gasteiger partial charge in [0.25, 0.3) is 5.91 Å². The molecule has 0 aliphatic carbocycles. The first-order chi connectivity index (χ1) is 8.35. The Balaban J connectivity index is 2.10. The van der Waals surface area contributed by atoms with E-state index in [2.05, 4.69) is 0 Å². The van der Waals surface area contributed by atoms with E-state index in [1.165, 1.54) is 6.92 Å². The van der Waals surface area contributed by atoms with Gasteiger partial charge in [0, 0.05) is 6.42 Å². The van der Waals surface area contributed by atoms with Gasteiger partial charge in [-0.15, -0.1) is 0 Å². The van der Waals surface area contributed by atoms with Crippen molar-refractivity contribution in [2.45, 2.75) is 37.4 Å². The van der Waals surface area contributed by atoms with Crippen molar-refractivity contribution in [3.8, 4) is 0 Å². The Kier molecular flexibility index (Phi) is 3.28. The van der Waals surface area contributed by atoms with Gasteiger partial charge < -0.3 is 20.1 Å². The zero-order valence-electron chi connectivity index (χ0n) is 9.87. The third-order valence-corrected chi connectivity index (χ3v) is 3.18. The van der Waals surface area contributed by atoms with Gasteiger partial charge in [-0.1, -0.05) is 0 Å². The summed E-state index contributed by atoms with van der Waals surface area (Å²) in [7, 11) is 0. The number of aliphatic hydroxyl groups is 3. The molecule has 18 heavy (non-hydrogen) atoms. The molecule has 3 amide bonds. The first kappa shape index (κ1) is 13.2. The number of nitrogens with one attached hydrogen (secondary N) is 1. The van der Waals surface area contributed by atoms with Crippen LogP contribution in [0.2, 0.25) is 0 Å². The summed E-state index contributed by atoms with van der Waals surface area (Å²) in [4.78, 5) is 24.1. The highest BCUT2D eigenvalue weighted by Gasteiger charge is 2.46. The van der Waals surface area contributed by atoms with E-state index >= 15 is 0 Å². The molecule has 8 heteroatoms. The number of carbonyl (C=O) groups is 2. The number of aliphatic hydroxyl groups excluding tert-OH is 2. The number of rotatable bonds is 2. The molecule has 0 bridgehead atoms. The third-order valence-electron chi connectivity index (χ3n) is 3.18. The molecule has 0 aromatic heterocycles. The summed E-state index contributed by atoms with van der Waals surface area (Å²) in [5, 5.41) is 30.4. The first-order valence-electron chi connectivity index (χ1n) is 5.64. The molecule has 2 saturated heterocycles. The van der Waals surface area contributed by atoms with Gasteiger partial charge in [0.15, 0.2) is 5.60 Å². The van der Waals surface area contributed by atoms with Gasteiger partial charge in [-0.25, -0.2) is 4.79 Å². The van der Waals surface area contributed by atoms with Crippen LogP contribution in [0.4, 0.5) is 4.79 Å². The van der Waals surface area contributed by atoms with Gasteiger partial charge in [0.05, 0.1) is 19.3 Å². The number of urea groups is 1. The fourth-order valence-corrected chi connectivity index (χ4v) is 2.08. The number of carbonyl (C=O) groups excluding carboxylic acids is 2. The monoisotopic (exact) mass is 260 g/mol. The number of imide groups is 1. The predicted molar refractivity (Wildman–Crippen MR) is 57.2 cm³/mol. The van der Waals surface area contributed by atoms with Crippen LogP contribution in [0.15, 0.2) is 0 Å². The van der Waals surface area contributed by atoms with Crippen LogP contribution in [0.25, 0.3) is 0 Å². The number of nitrogens with zero attached hydrogens (tertiary/aromatic N) is 1. The van der Waals surface area contributed by atoms with Crippen LogP contribution >= 0.6 is 0 Å². The summed E-state index contributed by atoms with van der Waals surface area (Å²) >= 11 is 0. The van der Waals surface area contributed by atoms with Gasteiger partial charge in [0.2, 0.25) is 0 Å². The lowest BCUT2D eigenvalue weighted by Gasteiger charge is -2.38. The fraction of sp³-hybridized carbons (Fsp3) is 0.800. The number of ether oxygens (including phenoxy) is 1. The van der Waals surface area contributed by atoms with Crippen molar-refractivity contribution in [2.75, 3.05) is 13.2 Å². The predicted octanol–water partition coefficient (Wildman–Crippen LogP) is -2.24. The van der Waals surface area contributed by atoms with E-state index in [-0.39, 0.29) is 19.6 Å². The van der Waals surface area contributed by atoms with E-state index in [1.54, 1.807) is 0 Å². The lowest BCUT2D eigenvalue weighted by molar-refractivity contribution is -0.147. The maximum Gasteiger partial charge on any atom is 0.326 e. The number of β-amino-alcohol motifs (C(OH)–C–C–N with tert-alkyl or cyclic N) is 1. The highest BCUT2D eigenvalue weighted by Crippen LogP contribution is 2.26. The molecule has 0 spiro atoms. The Morgan fingerprint density at radius 1 is 1.56 bits per heavy atom. The molecule has 0 saturated carbocycles. The Morgan fingerprint density at radius 2 is 2.22 bits per heavy atom. The van der Waals surface area contributed by atoms with E-state index in [0.29, 0.717) is 0 Å². The molecular formula is C10H16N2O6. The summed E-state index contributed by atoms with van der Waals surface area (Å²) in [6.45, 7) is 0.715. The summed E-state index contributed by atoms with van der Waals surface area (Å²) in [5.74, 6) is -0.763. The summed E-state index contributed by atoms with van der Waals surface area (Å²) < 4.78 is 5.30. The summed E-state index contributed by atoms with van der Waals surface area (Å²) in [6, 6.07) is -0.678. The fourth-order valence-electron chi connectivity index (χ4n) is 2.08.